The molecule has 32 heavy (non-hydrogen) atoms. The lowest BCUT2D eigenvalue weighted by Gasteiger charge is -2.11. The Balaban J connectivity index is 1.33. The van der Waals surface area contributed by atoms with Crippen molar-refractivity contribution in [1.29, 1.82) is 0 Å². The molecule has 5 heteroatoms. The Labute approximate surface area is 187 Å². The van der Waals surface area contributed by atoms with Crippen LogP contribution in [0.25, 0.3) is 17.3 Å². The van der Waals surface area contributed by atoms with E-state index >= 15 is 0 Å². The van der Waals surface area contributed by atoms with E-state index in [1.165, 1.54) is 0 Å². The molecule has 4 aromatic rings. The van der Waals surface area contributed by atoms with Gasteiger partial charge in [-0.15, -0.1) is 0 Å². The maximum absolute atomic E-state index is 12.4. The summed E-state index contributed by atoms with van der Waals surface area (Å²) in [5.74, 6) is 1.23. The largest absolute Gasteiger partial charge is 0.486 e. The number of aromatic nitrogens is 1. The second kappa shape index (κ2) is 9.79. The van der Waals surface area contributed by atoms with Crippen molar-refractivity contribution in [3.8, 4) is 17.0 Å². The highest BCUT2D eigenvalue weighted by molar-refractivity contribution is 6.06. The van der Waals surface area contributed by atoms with Crippen LogP contribution >= 0.6 is 0 Å². The second-order valence-electron chi connectivity index (χ2n) is 7.54. The molecule has 1 heterocycles. The smallest absolute Gasteiger partial charge is 0.185 e. The monoisotopic (exact) mass is 424 g/mol. The highest BCUT2D eigenvalue weighted by atomic mass is 16.5. The van der Waals surface area contributed by atoms with Crippen LogP contribution in [-0.4, -0.2) is 25.0 Å². The quantitative estimate of drug-likeness (QED) is 0.261. The van der Waals surface area contributed by atoms with Gasteiger partial charge in [-0.1, -0.05) is 53.7 Å². The van der Waals surface area contributed by atoms with Gasteiger partial charge in [-0.25, -0.2) is 0 Å². The summed E-state index contributed by atoms with van der Waals surface area (Å²) < 4.78 is 11.2. The molecule has 0 aliphatic carbocycles. The van der Waals surface area contributed by atoms with Gasteiger partial charge in [0, 0.05) is 37.0 Å². The summed E-state index contributed by atoms with van der Waals surface area (Å²) in [5, 5.41) is 4.14. The first-order valence-corrected chi connectivity index (χ1v) is 10.3. The van der Waals surface area contributed by atoms with Crippen LogP contribution in [0.1, 0.15) is 21.7 Å². The van der Waals surface area contributed by atoms with Crippen LogP contribution in [0, 0.1) is 0 Å². The summed E-state index contributed by atoms with van der Waals surface area (Å²) >= 11 is 0. The summed E-state index contributed by atoms with van der Waals surface area (Å²) in [6.07, 6.45) is 3.38. The number of benzene rings is 3. The number of carbonyl (C=O) groups is 1. The number of ether oxygens (including phenoxy) is 1. The Morgan fingerprint density at radius 1 is 0.969 bits per heavy atom. The zero-order valence-electron chi connectivity index (χ0n) is 18.1. The number of hydrogen-bond donors (Lipinski definition) is 0. The molecule has 1 aromatic heterocycles. The van der Waals surface area contributed by atoms with Gasteiger partial charge in [0.05, 0.1) is 0 Å². The van der Waals surface area contributed by atoms with Gasteiger partial charge in [-0.05, 0) is 48.0 Å². The zero-order valence-corrected chi connectivity index (χ0v) is 18.1. The van der Waals surface area contributed by atoms with E-state index in [1.807, 2.05) is 85.7 Å². The molecule has 3 aromatic carbocycles. The first kappa shape index (κ1) is 21.1. The summed E-state index contributed by atoms with van der Waals surface area (Å²) in [6, 6.07) is 26.8. The minimum absolute atomic E-state index is 0.0550. The lowest BCUT2D eigenvalue weighted by Crippen LogP contribution is -2.07. The molecular weight excluding hydrogens is 400 g/mol. The van der Waals surface area contributed by atoms with Gasteiger partial charge < -0.3 is 14.2 Å². The molecule has 0 radical (unpaired) electrons. The van der Waals surface area contributed by atoms with Gasteiger partial charge >= 0.3 is 0 Å². The van der Waals surface area contributed by atoms with Crippen molar-refractivity contribution in [2.75, 3.05) is 19.0 Å². The lowest BCUT2D eigenvalue weighted by molar-refractivity contribution is 0.104. The van der Waals surface area contributed by atoms with E-state index in [-0.39, 0.29) is 12.4 Å². The predicted molar refractivity (Wildman–Crippen MR) is 127 cm³/mol. The van der Waals surface area contributed by atoms with E-state index in [4.69, 9.17) is 9.26 Å². The van der Waals surface area contributed by atoms with Crippen LogP contribution in [0.4, 0.5) is 5.69 Å². The number of anilines is 1. The van der Waals surface area contributed by atoms with Crippen LogP contribution < -0.4 is 9.64 Å². The number of hydrogen-bond acceptors (Lipinski definition) is 5. The van der Waals surface area contributed by atoms with E-state index in [0.29, 0.717) is 17.1 Å². The second-order valence-corrected chi connectivity index (χ2v) is 7.54. The molecule has 0 aliphatic rings. The SMILES string of the molecule is CN(C)c1ccc(-c2cc(COc3ccc(C(=O)C=Cc4ccccc4)cc3)on2)cc1. The van der Waals surface area contributed by atoms with Crippen LogP contribution in [-0.2, 0) is 6.61 Å². The van der Waals surface area contributed by atoms with Crippen LogP contribution in [0.2, 0.25) is 0 Å². The molecule has 0 bridgehead atoms. The number of rotatable bonds is 8. The molecule has 0 saturated heterocycles. The third-order valence-electron chi connectivity index (χ3n) is 4.99. The molecule has 0 N–H and O–H groups in total. The number of allylic oxidation sites excluding steroid dienone is 1. The number of ketones is 1. The van der Waals surface area contributed by atoms with E-state index in [9.17, 15) is 4.79 Å². The Morgan fingerprint density at radius 3 is 2.38 bits per heavy atom. The molecule has 4 rings (SSSR count). The summed E-state index contributed by atoms with van der Waals surface area (Å²) in [5.41, 5.74) is 4.46. The molecule has 0 unspecified atom stereocenters. The third-order valence-corrected chi connectivity index (χ3v) is 4.99. The van der Waals surface area contributed by atoms with Gasteiger partial charge in [0.1, 0.15) is 18.1 Å². The van der Waals surface area contributed by atoms with E-state index in [0.717, 1.165) is 22.5 Å². The highest BCUT2D eigenvalue weighted by Gasteiger charge is 2.08. The van der Waals surface area contributed by atoms with Crippen molar-refractivity contribution < 1.29 is 14.1 Å². The maximum atomic E-state index is 12.4. The summed E-state index contributed by atoms with van der Waals surface area (Å²) in [7, 11) is 4.01. The fourth-order valence-corrected chi connectivity index (χ4v) is 3.15. The standard InChI is InChI=1S/C27H24N2O3/c1-29(2)23-13-9-21(10-14-23)26-18-25(32-28-26)19-31-24-15-11-22(12-16-24)27(30)17-8-20-6-4-3-5-7-20/h3-18H,19H2,1-2H3. The molecule has 0 spiro atoms. The number of nitrogens with zero attached hydrogens (tertiary/aromatic N) is 2. The van der Waals surface area contributed by atoms with Crippen LogP contribution in [0.3, 0.4) is 0 Å². The van der Waals surface area contributed by atoms with Gasteiger partial charge in [0.25, 0.3) is 0 Å². The van der Waals surface area contributed by atoms with Crippen LogP contribution in [0.15, 0.2) is 95.5 Å². The topological polar surface area (TPSA) is 55.6 Å². The normalized spacial score (nSPS) is 10.9. The Bertz CT molecular complexity index is 1190. The van der Waals surface area contributed by atoms with E-state index < -0.39 is 0 Å². The van der Waals surface area contributed by atoms with Crippen molar-refractivity contribution >= 4 is 17.5 Å². The Morgan fingerprint density at radius 2 is 1.69 bits per heavy atom. The van der Waals surface area contributed by atoms with E-state index in [2.05, 4.69) is 5.16 Å². The molecule has 0 atom stereocenters. The molecule has 0 saturated carbocycles. The summed E-state index contributed by atoms with van der Waals surface area (Å²) in [6.45, 7) is 0.254. The Kier molecular flexibility index (Phi) is 6.46. The average molecular weight is 425 g/mol. The van der Waals surface area contributed by atoms with Crippen molar-refractivity contribution in [3.05, 3.63) is 108 Å². The van der Waals surface area contributed by atoms with Crippen molar-refractivity contribution in [2.24, 2.45) is 0 Å². The minimum atomic E-state index is -0.0550. The molecule has 5 nitrogen and oxygen atoms in total. The number of carbonyl (C=O) groups excluding carboxylic acids is 1. The van der Waals surface area contributed by atoms with Crippen molar-refractivity contribution in [2.45, 2.75) is 6.61 Å². The fraction of sp³-hybridized carbons (Fsp3) is 0.111. The average Bonchev–Trinajstić information content (AvgIpc) is 3.31. The van der Waals surface area contributed by atoms with Crippen molar-refractivity contribution in [1.82, 2.24) is 5.16 Å². The molecule has 160 valence electrons. The van der Waals surface area contributed by atoms with Crippen molar-refractivity contribution in [3.63, 3.8) is 0 Å². The molecule has 0 fully saturated rings. The van der Waals surface area contributed by atoms with Gasteiger partial charge in [-0.2, -0.15) is 0 Å². The van der Waals surface area contributed by atoms with E-state index in [1.54, 1.807) is 30.3 Å². The zero-order chi connectivity index (χ0) is 22.3. The minimum Gasteiger partial charge on any atom is -0.486 e. The predicted octanol–water partition coefficient (Wildman–Crippen LogP) is 5.88. The third kappa shape index (κ3) is 5.32. The summed E-state index contributed by atoms with van der Waals surface area (Å²) in [4.78, 5) is 14.4. The molecule has 0 aliphatic heterocycles. The maximum Gasteiger partial charge on any atom is 0.185 e. The first-order chi connectivity index (χ1) is 15.6. The van der Waals surface area contributed by atoms with Gasteiger partial charge in [0.15, 0.2) is 11.5 Å². The van der Waals surface area contributed by atoms with Crippen LogP contribution in [0.5, 0.6) is 5.75 Å². The van der Waals surface area contributed by atoms with Gasteiger partial charge in [-0.3, -0.25) is 4.79 Å². The first-order valence-electron chi connectivity index (χ1n) is 10.3. The Hall–Kier alpha value is -4.12. The molecule has 0 amide bonds. The lowest BCUT2D eigenvalue weighted by atomic mass is 10.1. The molecular formula is C27H24N2O3. The van der Waals surface area contributed by atoms with Gasteiger partial charge in [0.2, 0.25) is 0 Å². The highest BCUT2D eigenvalue weighted by Crippen LogP contribution is 2.23. The fourth-order valence-electron chi connectivity index (χ4n) is 3.15.